The van der Waals surface area contributed by atoms with Crippen LogP contribution in [-0.4, -0.2) is 36.3 Å². The Morgan fingerprint density at radius 3 is 2.06 bits per heavy atom. The highest BCUT2D eigenvalue weighted by atomic mass is 16.5. The Hall–Kier alpha value is -2.90. The van der Waals surface area contributed by atoms with Crippen molar-refractivity contribution in [3.63, 3.8) is 0 Å². The third-order valence-electron chi connectivity index (χ3n) is 5.79. The predicted molar refractivity (Wildman–Crippen MR) is 136 cm³/mol. The molecular weight excluding hydrogens is 446 g/mol. The Morgan fingerprint density at radius 1 is 0.943 bits per heavy atom. The molecule has 1 rings (SSSR count). The van der Waals surface area contributed by atoms with Crippen LogP contribution in [0.4, 0.5) is 4.79 Å². The number of amides is 3. The van der Waals surface area contributed by atoms with E-state index < -0.39 is 12.1 Å². The average Bonchev–Trinajstić information content (AvgIpc) is 2.77. The van der Waals surface area contributed by atoms with E-state index in [9.17, 15) is 19.2 Å². The molecule has 1 aromatic rings. The van der Waals surface area contributed by atoms with E-state index in [-0.39, 0.29) is 48.4 Å². The minimum Gasteiger partial charge on any atom is -0.461 e. The van der Waals surface area contributed by atoms with E-state index in [1.165, 1.54) is 0 Å². The molecule has 3 amide bonds. The van der Waals surface area contributed by atoms with Gasteiger partial charge in [0.2, 0.25) is 5.91 Å². The maximum absolute atomic E-state index is 13.2. The molecule has 0 aromatic heterocycles. The first-order chi connectivity index (χ1) is 16.4. The van der Waals surface area contributed by atoms with Crippen LogP contribution in [0.25, 0.3) is 0 Å². The van der Waals surface area contributed by atoms with Crippen LogP contribution in [0.2, 0.25) is 0 Å². The molecule has 0 bridgehead atoms. The Labute approximate surface area is 209 Å². The number of hydrogen-bond donors (Lipinski definition) is 3. The zero-order chi connectivity index (χ0) is 26.5. The van der Waals surface area contributed by atoms with E-state index in [0.717, 1.165) is 17.5 Å². The molecule has 0 radical (unpaired) electrons. The zero-order valence-corrected chi connectivity index (χ0v) is 22.1. The first-order valence-electron chi connectivity index (χ1n) is 12.5. The van der Waals surface area contributed by atoms with Crippen molar-refractivity contribution >= 4 is 23.7 Å². The molecule has 196 valence electrons. The summed E-state index contributed by atoms with van der Waals surface area (Å²) in [6.07, 6.45) is 1.82. The third-order valence-corrected chi connectivity index (χ3v) is 5.79. The lowest BCUT2D eigenvalue weighted by Gasteiger charge is -2.25. The van der Waals surface area contributed by atoms with Crippen molar-refractivity contribution in [1.82, 2.24) is 10.6 Å². The van der Waals surface area contributed by atoms with E-state index in [4.69, 9.17) is 10.5 Å². The smallest absolute Gasteiger partial charge is 0.312 e. The quantitative estimate of drug-likeness (QED) is 0.255. The van der Waals surface area contributed by atoms with Gasteiger partial charge in [-0.1, -0.05) is 65.8 Å². The number of benzene rings is 1. The van der Waals surface area contributed by atoms with Crippen molar-refractivity contribution in [3.8, 4) is 0 Å². The molecule has 0 heterocycles. The Kier molecular flexibility index (Phi) is 13.1. The largest absolute Gasteiger partial charge is 0.461 e. The summed E-state index contributed by atoms with van der Waals surface area (Å²) in [6, 6.07) is 6.06. The molecule has 4 N–H and O–H groups in total. The highest BCUT2D eigenvalue weighted by molar-refractivity contribution is 5.91. The van der Waals surface area contributed by atoms with Gasteiger partial charge < -0.3 is 21.1 Å². The van der Waals surface area contributed by atoms with Crippen LogP contribution in [0.5, 0.6) is 0 Å². The average molecular weight is 490 g/mol. The van der Waals surface area contributed by atoms with Gasteiger partial charge in [0.05, 0.1) is 12.0 Å². The molecule has 8 heteroatoms. The summed E-state index contributed by atoms with van der Waals surface area (Å²) in [7, 11) is 0. The van der Waals surface area contributed by atoms with E-state index in [1.807, 2.05) is 38.1 Å². The first-order valence-corrected chi connectivity index (χ1v) is 12.5. The number of ether oxygens (including phenoxy) is 1. The number of rotatable bonds is 15. The van der Waals surface area contributed by atoms with Gasteiger partial charge >= 0.3 is 12.0 Å². The number of nitrogens with two attached hydrogens (primary N) is 1. The monoisotopic (exact) mass is 489 g/mol. The lowest BCUT2D eigenvalue weighted by Crippen LogP contribution is -2.46. The second-order valence-electron chi connectivity index (χ2n) is 10.2. The number of esters is 1. The lowest BCUT2D eigenvalue weighted by atomic mass is 9.86. The molecule has 35 heavy (non-hydrogen) atoms. The second kappa shape index (κ2) is 15.2. The molecule has 0 fully saturated rings. The van der Waals surface area contributed by atoms with E-state index in [2.05, 4.69) is 24.5 Å². The third kappa shape index (κ3) is 11.9. The summed E-state index contributed by atoms with van der Waals surface area (Å²) in [4.78, 5) is 48.8. The fourth-order valence-electron chi connectivity index (χ4n) is 3.70. The molecule has 0 aliphatic heterocycles. The van der Waals surface area contributed by atoms with Gasteiger partial charge in [0.1, 0.15) is 6.61 Å². The van der Waals surface area contributed by atoms with Gasteiger partial charge in [0.25, 0.3) is 0 Å². The molecule has 0 saturated carbocycles. The van der Waals surface area contributed by atoms with Crippen molar-refractivity contribution in [3.05, 3.63) is 35.4 Å². The maximum Gasteiger partial charge on any atom is 0.312 e. The molecular formula is C27H43N3O5. The van der Waals surface area contributed by atoms with E-state index >= 15 is 0 Å². The Balaban J connectivity index is 2.85. The molecule has 1 aromatic carbocycles. The fraction of sp³-hybridized carbons (Fsp3) is 0.630. The molecule has 0 saturated heterocycles. The Bertz CT molecular complexity index is 834. The minimum atomic E-state index is -0.655. The topological polar surface area (TPSA) is 128 Å². The van der Waals surface area contributed by atoms with Gasteiger partial charge in [0.15, 0.2) is 5.78 Å². The van der Waals surface area contributed by atoms with Crippen molar-refractivity contribution in [1.29, 1.82) is 0 Å². The minimum absolute atomic E-state index is 0.0940. The molecule has 1 unspecified atom stereocenters. The normalized spacial score (nSPS) is 12.9. The Morgan fingerprint density at radius 2 is 1.54 bits per heavy atom. The van der Waals surface area contributed by atoms with Crippen molar-refractivity contribution < 1.29 is 23.9 Å². The molecule has 2 atom stereocenters. The van der Waals surface area contributed by atoms with Gasteiger partial charge in [-0.2, -0.15) is 0 Å². The number of ketones is 1. The number of primary amides is 1. The van der Waals surface area contributed by atoms with E-state index in [0.29, 0.717) is 25.3 Å². The van der Waals surface area contributed by atoms with Crippen LogP contribution >= 0.6 is 0 Å². The summed E-state index contributed by atoms with van der Waals surface area (Å²) in [5, 5.41) is 5.50. The number of nitrogens with one attached hydrogen (secondary N) is 2. The van der Waals surface area contributed by atoms with Crippen LogP contribution in [0.15, 0.2) is 24.3 Å². The number of Topliss-reactive ketones (excluding diaryl/α,β-unsaturated/α-hetero) is 1. The second-order valence-corrected chi connectivity index (χ2v) is 10.2. The SMILES string of the molecule is CC(C)CC(C(=O)N[C@@H](CCCNC(N)=O)C(=O)Cc1ccc(COC(=O)C(C)C)cc1)C(C)C. The van der Waals surface area contributed by atoms with Crippen molar-refractivity contribution in [2.24, 2.45) is 29.4 Å². The lowest BCUT2D eigenvalue weighted by molar-refractivity contribution is -0.148. The summed E-state index contributed by atoms with van der Waals surface area (Å²) in [5.74, 6) is -0.316. The van der Waals surface area contributed by atoms with Crippen LogP contribution in [-0.2, 0) is 32.1 Å². The van der Waals surface area contributed by atoms with Gasteiger partial charge in [-0.25, -0.2) is 4.79 Å². The highest BCUT2D eigenvalue weighted by Crippen LogP contribution is 2.21. The molecule has 0 aliphatic carbocycles. The molecule has 0 aliphatic rings. The van der Waals surface area contributed by atoms with Crippen LogP contribution in [0.1, 0.15) is 71.9 Å². The molecule has 0 spiro atoms. The maximum atomic E-state index is 13.2. The van der Waals surface area contributed by atoms with Crippen molar-refractivity contribution in [2.45, 2.75) is 79.9 Å². The predicted octanol–water partition coefficient (Wildman–Crippen LogP) is 3.75. The zero-order valence-electron chi connectivity index (χ0n) is 22.1. The summed E-state index contributed by atoms with van der Waals surface area (Å²) < 4.78 is 5.24. The van der Waals surface area contributed by atoms with Gasteiger partial charge in [-0.05, 0) is 42.2 Å². The van der Waals surface area contributed by atoms with Crippen molar-refractivity contribution in [2.75, 3.05) is 6.54 Å². The summed E-state index contributed by atoms with van der Waals surface area (Å²) in [6.45, 7) is 12.3. The van der Waals surface area contributed by atoms with Crippen LogP contribution in [0, 0.1) is 23.7 Å². The number of carbonyl (C=O) groups excluding carboxylic acids is 4. The van der Waals surface area contributed by atoms with Gasteiger partial charge in [-0.15, -0.1) is 0 Å². The fourth-order valence-corrected chi connectivity index (χ4v) is 3.70. The van der Waals surface area contributed by atoms with E-state index in [1.54, 1.807) is 13.8 Å². The highest BCUT2D eigenvalue weighted by Gasteiger charge is 2.28. The molecule has 8 nitrogen and oxygen atoms in total. The number of carbonyl (C=O) groups is 4. The number of urea groups is 1. The van der Waals surface area contributed by atoms with Crippen LogP contribution < -0.4 is 16.4 Å². The van der Waals surface area contributed by atoms with Gasteiger partial charge in [-0.3, -0.25) is 14.4 Å². The summed E-state index contributed by atoms with van der Waals surface area (Å²) in [5.41, 5.74) is 6.77. The number of hydrogen-bond acceptors (Lipinski definition) is 5. The standard InChI is InChI=1S/C27H43N3O5/c1-17(2)14-22(18(3)4)25(32)30-23(8-7-13-29-27(28)34)24(31)15-20-9-11-21(12-10-20)16-35-26(33)19(5)6/h9-12,17-19,22-23H,7-8,13-16H2,1-6H3,(H,30,32)(H3,28,29,34)/t22?,23-/m0/s1. The van der Waals surface area contributed by atoms with Gasteiger partial charge in [0, 0.05) is 18.9 Å². The first kappa shape index (κ1) is 30.1. The summed E-state index contributed by atoms with van der Waals surface area (Å²) >= 11 is 0. The van der Waals surface area contributed by atoms with Crippen LogP contribution in [0.3, 0.4) is 0 Å².